The number of likely N-dealkylation sites (tertiary alicyclic amines) is 1. The van der Waals surface area contributed by atoms with Crippen LogP contribution in [0.5, 0.6) is 0 Å². The summed E-state index contributed by atoms with van der Waals surface area (Å²) in [7, 11) is 0. The van der Waals surface area contributed by atoms with Gasteiger partial charge in [0.25, 0.3) is 0 Å². The predicted octanol–water partition coefficient (Wildman–Crippen LogP) is 2.04. The fourth-order valence-corrected chi connectivity index (χ4v) is 3.34. The third-order valence-electron chi connectivity index (χ3n) is 4.43. The molecule has 0 radical (unpaired) electrons. The van der Waals surface area contributed by atoms with E-state index in [0.717, 1.165) is 19.8 Å². The molecule has 0 bridgehead atoms. The van der Waals surface area contributed by atoms with Gasteiger partial charge in [-0.2, -0.15) is 0 Å². The Bertz CT molecular complexity index is 246. The summed E-state index contributed by atoms with van der Waals surface area (Å²) in [6.45, 7) is 10.7. The van der Waals surface area contributed by atoms with E-state index in [1.165, 1.54) is 25.8 Å². The standard InChI is InChI=1S/C13H26N2O.ClH/c1-11-13(5-8-16-9-6-13)4-7-15(11)10-12(2,3)14;/h11H,4-10,14H2,1-3H3;1H. The maximum Gasteiger partial charge on any atom is 0.0471 e. The molecule has 2 heterocycles. The molecule has 102 valence electrons. The minimum absolute atomic E-state index is 0. The highest BCUT2D eigenvalue weighted by Crippen LogP contribution is 2.44. The molecule has 1 unspecified atom stereocenters. The van der Waals surface area contributed by atoms with Crippen LogP contribution in [0, 0.1) is 5.41 Å². The first-order chi connectivity index (χ1) is 7.43. The molecule has 4 heteroatoms. The zero-order chi connectivity index (χ0) is 11.8. The lowest BCUT2D eigenvalue weighted by atomic mass is 9.74. The van der Waals surface area contributed by atoms with Gasteiger partial charge in [-0.25, -0.2) is 0 Å². The molecule has 2 aliphatic heterocycles. The van der Waals surface area contributed by atoms with Crippen molar-refractivity contribution in [3.05, 3.63) is 0 Å². The van der Waals surface area contributed by atoms with Gasteiger partial charge in [0.15, 0.2) is 0 Å². The van der Waals surface area contributed by atoms with Gasteiger partial charge in [-0.3, -0.25) is 4.90 Å². The van der Waals surface area contributed by atoms with E-state index in [4.69, 9.17) is 10.5 Å². The van der Waals surface area contributed by atoms with Crippen molar-refractivity contribution in [2.45, 2.75) is 51.6 Å². The highest BCUT2D eigenvalue weighted by atomic mass is 35.5. The molecule has 0 aromatic heterocycles. The van der Waals surface area contributed by atoms with Crippen molar-refractivity contribution >= 4 is 12.4 Å². The number of rotatable bonds is 2. The molecule has 2 fully saturated rings. The lowest BCUT2D eigenvalue weighted by Gasteiger charge is -2.40. The molecule has 3 nitrogen and oxygen atoms in total. The normalized spacial score (nSPS) is 29.3. The first-order valence-corrected chi connectivity index (χ1v) is 6.54. The van der Waals surface area contributed by atoms with Gasteiger partial charge in [0, 0.05) is 31.3 Å². The van der Waals surface area contributed by atoms with E-state index in [1.54, 1.807) is 0 Å². The summed E-state index contributed by atoms with van der Waals surface area (Å²) in [5.41, 5.74) is 6.57. The third-order valence-corrected chi connectivity index (χ3v) is 4.43. The van der Waals surface area contributed by atoms with Crippen LogP contribution in [0.25, 0.3) is 0 Å². The molecule has 2 N–H and O–H groups in total. The summed E-state index contributed by atoms with van der Waals surface area (Å²) in [5.74, 6) is 0. The van der Waals surface area contributed by atoms with Gasteiger partial charge in [-0.15, -0.1) is 12.4 Å². The third kappa shape index (κ3) is 3.34. The largest absolute Gasteiger partial charge is 0.381 e. The van der Waals surface area contributed by atoms with Crippen LogP contribution in [-0.2, 0) is 4.74 Å². The Hall–Kier alpha value is 0.170. The topological polar surface area (TPSA) is 38.5 Å². The van der Waals surface area contributed by atoms with Gasteiger partial charge in [0.05, 0.1) is 0 Å². The molecule has 2 rings (SSSR count). The smallest absolute Gasteiger partial charge is 0.0471 e. The summed E-state index contributed by atoms with van der Waals surface area (Å²) in [6.07, 6.45) is 3.79. The number of nitrogens with two attached hydrogens (primary N) is 1. The Kier molecular flexibility index (Phi) is 4.87. The van der Waals surface area contributed by atoms with E-state index >= 15 is 0 Å². The van der Waals surface area contributed by atoms with Crippen LogP contribution in [0.2, 0.25) is 0 Å². The fourth-order valence-electron chi connectivity index (χ4n) is 3.34. The van der Waals surface area contributed by atoms with Crippen LogP contribution in [0.3, 0.4) is 0 Å². The zero-order valence-electron chi connectivity index (χ0n) is 11.4. The molecule has 2 saturated heterocycles. The Labute approximate surface area is 111 Å². The van der Waals surface area contributed by atoms with Crippen molar-refractivity contribution in [1.29, 1.82) is 0 Å². The lowest BCUT2D eigenvalue weighted by molar-refractivity contribution is -0.00218. The van der Waals surface area contributed by atoms with Crippen LogP contribution in [0.1, 0.15) is 40.0 Å². The highest BCUT2D eigenvalue weighted by molar-refractivity contribution is 5.85. The van der Waals surface area contributed by atoms with Crippen molar-refractivity contribution in [2.24, 2.45) is 11.1 Å². The molecular weight excluding hydrogens is 236 g/mol. The van der Waals surface area contributed by atoms with E-state index in [0.29, 0.717) is 11.5 Å². The number of nitrogens with zero attached hydrogens (tertiary/aromatic N) is 1. The summed E-state index contributed by atoms with van der Waals surface area (Å²) >= 11 is 0. The van der Waals surface area contributed by atoms with E-state index in [9.17, 15) is 0 Å². The molecule has 2 aliphatic rings. The van der Waals surface area contributed by atoms with E-state index < -0.39 is 0 Å². The second-order valence-corrected chi connectivity index (χ2v) is 6.36. The van der Waals surface area contributed by atoms with Gasteiger partial charge < -0.3 is 10.5 Å². The van der Waals surface area contributed by atoms with Crippen molar-refractivity contribution in [2.75, 3.05) is 26.3 Å². The summed E-state index contributed by atoms with van der Waals surface area (Å²) < 4.78 is 5.50. The molecule has 0 aromatic carbocycles. The maximum absolute atomic E-state index is 6.13. The average Bonchev–Trinajstić information content (AvgIpc) is 2.47. The quantitative estimate of drug-likeness (QED) is 0.828. The summed E-state index contributed by atoms with van der Waals surface area (Å²) in [5, 5.41) is 0. The maximum atomic E-state index is 6.13. The number of hydrogen-bond donors (Lipinski definition) is 1. The fraction of sp³-hybridized carbons (Fsp3) is 1.00. The lowest BCUT2D eigenvalue weighted by Crippen LogP contribution is -2.49. The molecule has 0 aliphatic carbocycles. The van der Waals surface area contributed by atoms with Crippen molar-refractivity contribution < 1.29 is 4.74 Å². The second kappa shape index (κ2) is 5.43. The van der Waals surface area contributed by atoms with Gasteiger partial charge in [-0.05, 0) is 52.0 Å². The van der Waals surface area contributed by atoms with Crippen LogP contribution in [0.15, 0.2) is 0 Å². The van der Waals surface area contributed by atoms with Gasteiger partial charge in [0.2, 0.25) is 0 Å². The Balaban J connectivity index is 0.00000144. The van der Waals surface area contributed by atoms with Crippen LogP contribution in [-0.4, -0.2) is 42.8 Å². The summed E-state index contributed by atoms with van der Waals surface area (Å²) in [4.78, 5) is 2.57. The highest BCUT2D eigenvalue weighted by Gasteiger charge is 2.45. The van der Waals surface area contributed by atoms with E-state index in [1.807, 2.05) is 0 Å². The van der Waals surface area contributed by atoms with E-state index in [-0.39, 0.29) is 17.9 Å². The van der Waals surface area contributed by atoms with E-state index in [2.05, 4.69) is 25.7 Å². The van der Waals surface area contributed by atoms with Crippen molar-refractivity contribution in [3.8, 4) is 0 Å². The number of halogens is 1. The Morgan fingerprint density at radius 2 is 1.88 bits per heavy atom. The number of ether oxygens (including phenoxy) is 1. The SMILES string of the molecule is CC1N(CC(C)(C)N)CCC12CCOCC2.Cl. The summed E-state index contributed by atoms with van der Waals surface area (Å²) in [6, 6.07) is 0.666. The molecule has 1 atom stereocenters. The molecule has 17 heavy (non-hydrogen) atoms. The van der Waals surface area contributed by atoms with Gasteiger partial charge in [-0.1, -0.05) is 0 Å². The van der Waals surface area contributed by atoms with Crippen LogP contribution in [0.4, 0.5) is 0 Å². The monoisotopic (exact) mass is 262 g/mol. The van der Waals surface area contributed by atoms with Crippen molar-refractivity contribution in [3.63, 3.8) is 0 Å². The molecule has 0 saturated carbocycles. The first kappa shape index (κ1) is 15.2. The van der Waals surface area contributed by atoms with Crippen molar-refractivity contribution in [1.82, 2.24) is 4.90 Å². The van der Waals surface area contributed by atoms with Crippen LogP contribution < -0.4 is 5.73 Å². The minimum atomic E-state index is -0.0784. The predicted molar refractivity (Wildman–Crippen MR) is 73.7 cm³/mol. The molecule has 0 amide bonds. The Morgan fingerprint density at radius 3 is 2.41 bits per heavy atom. The van der Waals surface area contributed by atoms with Gasteiger partial charge in [0.1, 0.15) is 0 Å². The molecule has 0 aromatic rings. The first-order valence-electron chi connectivity index (χ1n) is 6.54. The van der Waals surface area contributed by atoms with Gasteiger partial charge >= 0.3 is 0 Å². The number of hydrogen-bond acceptors (Lipinski definition) is 3. The molecular formula is C13H27ClN2O. The zero-order valence-corrected chi connectivity index (χ0v) is 12.2. The molecule has 1 spiro atoms. The second-order valence-electron chi connectivity index (χ2n) is 6.36. The van der Waals surface area contributed by atoms with Crippen LogP contribution >= 0.6 is 12.4 Å². The minimum Gasteiger partial charge on any atom is -0.381 e. The average molecular weight is 263 g/mol. The Morgan fingerprint density at radius 1 is 1.29 bits per heavy atom.